The van der Waals surface area contributed by atoms with E-state index in [9.17, 15) is 5.11 Å². The predicted molar refractivity (Wildman–Crippen MR) is 129 cm³/mol. The van der Waals surface area contributed by atoms with Gasteiger partial charge >= 0.3 is 0 Å². The normalized spacial score (nSPS) is 12.0. The minimum Gasteiger partial charge on any atom is -0.390 e. The molecule has 4 nitrogen and oxygen atoms in total. The molecule has 3 aromatic carbocycles. The molecule has 4 rings (SSSR count). The number of aryl methyl sites for hydroxylation is 1. The van der Waals surface area contributed by atoms with Crippen LogP contribution in [-0.2, 0) is 6.42 Å². The molecule has 0 aliphatic rings. The first-order valence-corrected chi connectivity index (χ1v) is 10.9. The average Bonchev–Trinajstić information content (AvgIpc) is 2.83. The van der Waals surface area contributed by atoms with Crippen molar-refractivity contribution in [2.75, 3.05) is 25.0 Å². The standard InChI is InChI=1S/C27H29N3O/c31-23(19-28-17-9-12-21-10-3-1-4-11-21)20-29-27-18-26(22-13-5-2-6-14-22)30-25-16-8-7-15-24(25)27/h1-8,10-11,13-16,18,23,28,31H,9,12,17,19-20H2,(H,29,30)/t23-/m0/s1. The highest BCUT2D eigenvalue weighted by Crippen LogP contribution is 2.28. The molecule has 0 aliphatic carbocycles. The molecule has 158 valence electrons. The van der Waals surface area contributed by atoms with Crippen molar-refractivity contribution in [3.05, 3.63) is 96.6 Å². The van der Waals surface area contributed by atoms with E-state index in [1.807, 2.05) is 42.5 Å². The van der Waals surface area contributed by atoms with Crippen molar-refractivity contribution in [2.45, 2.75) is 18.9 Å². The van der Waals surface area contributed by atoms with Gasteiger partial charge in [0.25, 0.3) is 0 Å². The van der Waals surface area contributed by atoms with E-state index in [0.29, 0.717) is 13.1 Å². The Morgan fingerprint density at radius 2 is 1.52 bits per heavy atom. The van der Waals surface area contributed by atoms with Crippen LogP contribution in [0.4, 0.5) is 5.69 Å². The second kappa shape index (κ2) is 10.7. The van der Waals surface area contributed by atoms with Crippen LogP contribution >= 0.6 is 0 Å². The Bertz CT molecular complexity index is 1080. The molecule has 0 unspecified atom stereocenters. The highest BCUT2D eigenvalue weighted by molar-refractivity contribution is 5.93. The summed E-state index contributed by atoms with van der Waals surface area (Å²) in [7, 11) is 0. The fourth-order valence-electron chi connectivity index (χ4n) is 3.71. The summed E-state index contributed by atoms with van der Waals surface area (Å²) in [5.74, 6) is 0. The van der Waals surface area contributed by atoms with Crippen LogP contribution in [0.15, 0.2) is 91.0 Å². The van der Waals surface area contributed by atoms with Crippen LogP contribution in [0.3, 0.4) is 0 Å². The van der Waals surface area contributed by atoms with Gasteiger partial charge in [-0.3, -0.25) is 0 Å². The second-order valence-electron chi connectivity index (χ2n) is 7.77. The number of rotatable bonds is 10. The molecule has 1 atom stereocenters. The molecule has 1 heterocycles. The SMILES string of the molecule is O[C@@H](CNCCCc1ccccc1)CNc1cc(-c2ccccc2)nc2ccccc12. The number of benzene rings is 3. The summed E-state index contributed by atoms with van der Waals surface area (Å²) in [6.45, 7) is 1.94. The number of anilines is 1. The highest BCUT2D eigenvalue weighted by atomic mass is 16.3. The van der Waals surface area contributed by atoms with Crippen molar-refractivity contribution in [1.82, 2.24) is 10.3 Å². The lowest BCUT2D eigenvalue weighted by atomic mass is 10.1. The lowest BCUT2D eigenvalue weighted by molar-refractivity contribution is 0.184. The van der Waals surface area contributed by atoms with Crippen molar-refractivity contribution in [3.8, 4) is 11.3 Å². The fourth-order valence-corrected chi connectivity index (χ4v) is 3.71. The molecule has 1 aromatic heterocycles. The summed E-state index contributed by atoms with van der Waals surface area (Å²) in [5.41, 5.74) is 5.30. The van der Waals surface area contributed by atoms with E-state index >= 15 is 0 Å². The van der Waals surface area contributed by atoms with E-state index in [1.165, 1.54) is 5.56 Å². The molecule has 0 radical (unpaired) electrons. The third kappa shape index (κ3) is 5.91. The Morgan fingerprint density at radius 3 is 2.32 bits per heavy atom. The van der Waals surface area contributed by atoms with Crippen molar-refractivity contribution in [1.29, 1.82) is 0 Å². The molecule has 0 saturated carbocycles. The first-order chi connectivity index (χ1) is 15.3. The number of pyridine rings is 1. The van der Waals surface area contributed by atoms with Gasteiger partial charge in [0, 0.05) is 29.7 Å². The van der Waals surface area contributed by atoms with Gasteiger partial charge in [-0.25, -0.2) is 4.98 Å². The number of hydrogen-bond acceptors (Lipinski definition) is 4. The Balaban J connectivity index is 1.32. The van der Waals surface area contributed by atoms with Crippen molar-refractivity contribution in [3.63, 3.8) is 0 Å². The molecule has 0 amide bonds. The van der Waals surface area contributed by atoms with Crippen molar-refractivity contribution < 1.29 is 5.11 Å². The Kier molecular flexibility index (Phi) is 7.27. The van der Waals surface area contributed by atoms with E-state index in [4.69, 9.17) is 4.98 Å². The number of aromatic nitrogens is 1. The molecule has 0 fully saturated rings. The molecule has 0 spiro atoms. The van der Waals surface area contributed by atoms with Crippen LogP contribution in [0, 0.1) is 0 Å². The maximum atomic E-state index is 10.4. The molecule has 0 saturated heterocycles. The van der Waals surface area contributed by atoms with E-state index in [1.54, 1.807) is 0 Å². The zero-order chi connectivity index (χ0) is 21.3. The lowest BCUT2D eigenvalue weighted by Gasteiger charge is -2.16. The summed E-state index contributed by atoms with van der Waals surface area (Å²) in [4.78, 5) is 4.81. The van der Waals surface area contributed by atoms with Crippen LogP contribution in [0.2, 0.25) is 0 Å². The first kappa shape index (κ1) is 21.0. The van der Waals surface area contributed by atoms with E-state index in [-0.39, 0.29) is 0 Å². The van der Waals surface area contributed by atoms with Crippen molar-refractivity contribution in [2.24, 2.45) is 0 Å². The van der Waals surface area contributed by atoms with Gasteiger partial charge in [0.15, 0.2) is 0 Å². The number of para-hydroxylation sites is 1. The Labute approximate surface area is 184 Å². The Morgan fingerprint density at radius 1 is 0.806 bits per heavy atom. The minimum absolute atomic E-state index is 0.469. The zero-order valence-electron chi connectivity index (χ0n) is 17.7. The number of hydrogen-bond donors (Lipinski definition) is 3. The highest BCUT2D eigenvalue weighted by Gasteiger charge is 2.09. The molecular weight excluding hydrogens is 382 g/mol. The molecule has 4 heteroatoms. The largest absolute Gasteiger partial charge is 0.390 e. The summed E-state index contributed by atoms with van der Waals surface area (Å²) in [6.07, 6.45) is 1.64. The summed E-state index contributed by atoms with van der Waals surface area (Å²) in [6, 6.07) is 30.8. The minimum atomic E-state index is -0.469. The van der Waals surface area contributed by atoms with Crippen LogP contribution < -0.4 is 10.6 Å². The van der Waals surface area contributed by atoms with Gasteiger partial charge < -0.3 is 15.7 Å². The zero-order valence-corrected chi connectivity index (χ0v) is 17.7. The van der Waals surface area contributed by atoms with Gasteiger partial charge in [0.2, 0.25) is 0 Å². The average molecular weight is 412 g/mol. The fraction of sp³-hybridized carbons (Fsp3) is 0.222. The van der Waals surface area contributed by atoms with Crippen LogP contribution in [0.25, 0.3) is 22.2 Å². The molecule has 0 aliphatic heterocycles. The smallest absolute Gasteiger partial charge is 0.0836 e. The molecular formula is C27H29N3O. The summed E-state index contributed by atoms with van der Waals surface area (Å²) < 4.78 is 0. The quantitative estimate of drug-likeness (QED) is 0.325. The van der Waals surface area contributed by atoms with E-state index in [0.717, 1.165) is 47.2 Å². The van der Waals surface area contributed by atoms with Gasteiger partial charge in [0.05, 0.1) is 17.3 Å². The number of nitrogens with one attached hydrogen (secondary N) is 2. The topological polar surface area (TPSA) is 57.2 Å². The number of aliphatic hydroxyl groups is 1. The molecule has 3 N–H and O–H groups in total. The molecule has 0 bridgehead atoms. The maximum absolute atomic E-state index is 10.4. The second-order valence-corrected chi connectivity index (χ2v) is 7.77. The summed E-state index contributed by atoms with van der Waals surface area (Å²) >= 11 is 0. The maximum Gasteiger partial charge on any atom is 0.0836 e. The third-order valence-corrected chi connectivity index (χ3v) is 5.36. The van der Waals surface area contributed by atoms with Gasteiger partial charge in [-0.1, -0.05) is 78.9 Å². The molecule has 31 heavy (non-hydrogen) atoms. The molecule has 4 aromatic rings. The van der Waals surface area contributed by atoms with Gasteiger partial charge in [-0.2, -0.15) is 0 Å². The Hall–Kier alpha value is -3.21. The number of nitrogens with zero attached hydrogens (tertiary/aromatic N) is 1. The van der Waals surface area contributed by atoms with Crippen LogP contribution in [0.1, 0.15) is 12.0 Å². The van der Waals surface area contributed by atoms with E-state index in [2.05, 4.69) is 59.2 Å². The van der Waals surface area contributed by atoms with Crippen LogP contribution in [-0.4, -0.2) is 35.8 Å². The van der Waals surface area contributed by atoms with Gasteiger partial charge in [-0.15, -0.1) is 0 Å². The number of aliphatic hydroxyl groups excluding tert-OH is 1. The van der Waals surface area contributed by atoms with Gasteiger partial charge in [0.1, 0.15) is 0 Å². The predicted octanol–water partition coefficient (Wildman–Crippen LogP) is 4.90. The monoisotopic (exact) mass is 411 g/mol. The van der Waals surface area contributed by atoms with Crippen molar-refractivity contribution >= 4 is 16.6 Å². The van der Waals surface area contributed by atoms with Crippen LogP contribution in [0.5, 0.6) is 0 Å². The third-order valence-electron chi connectivity index (χ3n) is 5.36. The lowest BCUT2D eigenvalue weighted by Crippen LogP contribution is -2.32. The van der Waals surface area contributed by atoms with E-state index < -0.39 is 6.10 Å². The summed E-state index contributed by atoms with van der Waals surface area (Å²) in [5, 5.41) is 18.3. The first-order valence-electron chi connectivity index (χ1n) is 10.9. The van der Waals surface area contributed by atoms with Gasteiger partial charge in [-0.05, 0) is 37.1 Å². The number of fused-ring (bicyclic) bond motifs is 1.